The summed E-state index contributed by atoms with van der Waals surface area (Å²) in [6.07, 6.45) is 2.19. The van der Waals surface area contributed by atoms with Crippen LogP contribution in [-0.4, -0.2) is 45.6 Å². The number of carbonyl (C=O) groups excluding carboxylic acids is 1. The molecule has 0 spiro atoms. The van der Waals surface area contributed by atoms with Gasteiger partial charge in [0.25, 0.3) is 5.91 Å². The number of para-hydroxylation sites is 2. The molecule has 2 rings (SSSR count). The maximum Gasteiger partial charge on any atom is 0.260 e. The lowest BCUT2D eigenvalue weighted by molar-refractivity contribution is -0.119. The van der Waals surface area contributed by atoms with Crippen LogP contribution in [0.2, 0.25) is 5.02 Å². The van der Waals surface area contributed by atoms with Crippen LogP contribution in [0.4, 0.5) is 5.69 Å². The minimum Gasteiger partial charge on any atom is -0.504 e. The van der Waals surface area contributed by atoms with Crippen LogP contribution in [0.25, 0.3) is 0 Å². The second-order valence-electron chi connectivity index (χ2n) is 5.41. The Bertz CT molecular complexity index is 963. The van der Waals surface area contributed by atoms with Gasteiger partial charge in [0.2, 0.25) is 10.0 Å². The molecule has 0 saturated heterocycles. The van der Waals surface area contributed by atoms with Gasteiger partial charge < -0.3 is 9.84 Å². The average Bonchev–Trinajstić information content (AvgIpc) is 2.61. The van der Waals surface area contributed by atoms with Gasteiger partial charge in [-0.25, -0.2) is 13.8 Å². The van der Waals surface area contributed by atoms with Crippen molar-refractivity contribution in [2.45, 2.75) is 0 Å². The smallest absolute Gasteiger partial charge is 0.260 e. The summed E-state index contributed by atoms with van der Waals surface area (Å²) in [4.78, 5) is 12.1. The normalized spacial score (nSPS) is 11.4. The second-order valence-corrected chi connectivity index (χ2v) is 7.73. The van der Waals surface area contributed by atoms with Crippen molar-refractivity contribution in [2.75, 3.05) is 24.2 Å². The first-order valence-corrected chi connectivity index (χ1v) is 9.86. The van der Waals surface area contributed by atoms with Gasteiger partial charge in [-0.3, -0.25) is 9.10 Å². The number of phenolic OH excluding ortho intramolecular Hbond substituents is 1. The van der Waals surface area contributed by atoms with Crippen molar-refractivity contribution >= 4 is 39.4 Å². The SMILES string of the molecule is COc1cccc(C=NNC(=O)CN(c2ccccc2Cl)S(C)(=O)=O)c1O. The number of hydrogen-bond donors (Lipinski definition) is 2. The van der Waals surface area contributed by atoms with E-state index >= 15 is 0 Å². The molecule has 2 aromatic carbocycles. The van der Waals surface area contributed by atoms with Crippen LogP contribution in [0.15, 0.2) is 47.6 Å². The molecule has 0 radical (unpaired) electrons. The fourth-order valence-corrected chi connectivity index (χ4v) is 3.34. The summed E-state index contributed by atoms with van der Waals surface area (Å²) in [6.45, 7) is -0.510. The van der Waals surface area contributed by atoms with Crippen LogP contribution >= 0.6 is 11.6 Å². The molecule has 8 nitrogen and oxygen atoms in total. The Morgan fingerprint density at radius 1 is 1.30 bits per heavy atom. The van der Waals surface area contributed by atoms with E-state index in [-0.39, 0.29) is 22.2 Å². The number of hydrogen-bond acceptors (Lipinski definition) is 6. The molecule has 2 aromatic rings. The highest BCUT2D eigenvalue weighted by Gasteiger charge is 2.22. The van der Waals surface area contributed by atoms with Crippen LogP contribution in [0.3, 0.4) is 0 Å². The first-order chi connectivity index (χ1) is 12.7. The number of anilines is 1. The van der Waals surface area contributed by atoms with Gasteiger partial charge in [-0.15, -0.1) is 0 Å². The molecule has 144 valence electrons. The third-order valence-corrected chi connectivity index (χ3v) is 4.90. The van der Waals surface area contributed by atoms with Gasteiger partial charge in [0, 0.05) is 5.56 Å². The van der Waals surface area contributed by atoms with Crippen molar-refractivity contribution in [3.63, 3.8) is 0 Å². The van der Waals surface area contributed by atoms with Crippen LogP contribution in [0, 0.1) is 0 Å². The zero-order valence-electron chi connectivity index (χ0n) is 14.6. The van der Waals surface area contributed by atoms with E-state index in [2.05, 4.69) is 10.5 Å². The van der Waals surface area contributed by atoms with Gasteiger partial charge in [-0.2, -0.15) is 5.10 Å². The molecule has 2 N–H and O–H groups in total. The molecular weight excluding hydrogens is 394 g/mol. The van der Waals surface area contributed by atoms with E-state index in [0.717, 1.165) is 10.6 Å². The zero-order chi connectivity index (χ0) is 20.0. The summed E-state index contributed by atoms with van der Waals surface area (Å²) in [6, 6.07) is 11.1. The summed E-state index contributed by atoms with van der Waals surface area (Å²) in [5.74, 6) is -0.557. The highest BCUT2D eigenvalue weighted by atomic mass is 35.5. The van der Waals surface area contributed by atoms with Crippen molar-refractivity contribution in [1.29, 1.82) is 0 Å². The largest absolute Gasteiger partial charge is 0.504 e. The highest BCUT2D eigenvalue weighted by molar-refractivity contribution is 7.92. The van der Waals surface area contributed by atoms with E-state index in [1.165, 1.54) is 25.5 Å². The number of nitrogens with zero attached hydrogens (tertiary/aromatic N) is 2. The minimum absolute atomic E-state index is 0.133. The third-order valence-electron chi connectivity index (χ3n) is 3.45. The van der Waals surface area contributed by atoms with Gasteiger partial charge >= 0.3 is 0 Å². The Balaban J connectivity index is 2.12. The summed E-state index contributed by atoms with van der Waals surface area (Å²) >= 11 is 6.03. The average molecular weight is 412 g/mol. The molecule has 0 aliphatic carbocycles. The Hall–Kier alpha value is -2.78. The predicted octanol–water partition coefficient (Wildman–Crippen LogP) is 1.97. The second kappa shape index (κ2) is 8.74. The Kier molecular flexibility index (Phi) is 6.65. The number of hydrazone groups is 1. The van der Waals surface area contributed by atoms with Gasteiger partial charge in [-0.05, 0) is 24.3 Å². The maximum atomic E-state index is 12.1. The van der Waals surface area contributed by atoms with Gasteiger partial charge in [0.05, 0.1) is 30.3 Å². The number of halogens is 1. The molecule has 27 heavy (non-hydrogen) atoms. The number of benzene rings is 2. The number of nitrogens with one attached hydrogen (secondary N) is 1. The van der Waals surface area contributed by atoms with E-state index in [0.29, 0.717) is 5.56 Å². The number of aromatic hydroxyl groups is 1. The summed E-state index contributed by atoms with van der Waals surface area (Å²) in [7, 11) is -2.34. The van der Waals surface area contributed by atoms with Crippen molar-refractivity contribution in [3.8, 4) is 11.5 Å². The zero-order valence-corrected chi connectivity index (χ0v) is 16.2. The summed E-state index contributed by atoms with van der Waals surface area (Å²) in [5.41, 5.74) is 2.72. The van der Waals surface area contributed by atoms with Crippen molar-refractivity contribution < 1.29 is 23.1 Å². The molecule has 0 heterocycles. The quantitative estimate of drug-likeness (QED) is 0.535. The molecule has 10 heteroatoms. The van der Waals surface area contributed by atoms with Crippen molar-refractivity contribution in [1.82, 2.24) is 5.43 Å². The van der Waals surface area contributed by atoms with Crippen molar-refractivity contribution in [2.24, 2.45) is 5.10 Å². The highest BCUT2D eigenvalue weighted by Crippen LogP contribution is 2.28. The number of sulfonamides is 1. The molecule has 0 aromatic heterocycles. The molecule has 0 aliphatic heterocycles. The van der Waals surface area contributed by atoms with E-state index in [1.54, 1.807) is 30.3 Å². The van der Waals surface area contributed by atoms with E-state index in [1.807, 2.05) is 0 Å². The van der Waals surface area contributed by atoms with Crippen molar-refractivity contribution in [3.05, 3.63) is 53.1 Å². The van der Waals surface area contributed by atoms with Gasteiger partial charge in [-0.1, -0.05) is 29.8 Å². The molecule has 0 bridgehead atoms. The number of carbonyl (C=O) groups is 1. The van der Waals surface area contributed by atoms with Crippen LogP contribution in [-0.2, 0) is 14.8 Å². The maximum absolute atomic E-state index is 12.1. The lowest BCUT2D eigenvalue weighted by Crippen LogP contribution is -2.39. The molecular formula is C17H18ClN3O5S. The fraction of sp³-hybridized carbons (Fsp3) is 0.176. The lowest BCUT2D eigenvalue weighted by atomic mass is 10.2. The van der Waals surface area contributed by atoms with Crippen LogP contribution in [0.5, 0.6) is 11.5 Å². The van der Waals surface area contributed by atoms with Gasteiger partial charge in [0.15, 0.2) is 11.5 Å². The van der Waals surface area contributed by atoms with Crippen LogP contribution < -0.4 is 14.5 Å². The van der Waals surface area contributed by atoms with E-state index in [9.17, 15) is 18.3 Å². The first kappa shape index (κ1) is 20.5. The van der Waals surface area contributed by atoms with Gasteiger partial charge in [0.1, 0.15) is 6.54 Å². The monoisotopic (exact) mass is 411 g/mol. The third kappa shape index (κ3) is 5.35. The Morgan fingerprint density at radius 3 is 2.63 bits per heavy atom. The number of phenols is 1. The molecule has 0 unspecified atom stereocenters. The van der Waals surface area contributed by atoms with Crippen LogP contribution in [0.1, 0.15) is 5.56 Å². The summed E-state index contributed by atoms with van der Waals surface area (Å²) in [5, 5.41) is 13.9. The van der Waals surface area contributed by atoms with E-state index < -0.39 is 22.5 Å². The predicted molar refractivity (Wildman–Crippen MR) is 104 cm³/mol. The van der Waals surface area contributed by atoms with E-state index in [4.69, 9.17) is 16.3 Å². The standard InChI is InChI=1S/C17H18ClN3O5S/c1-26-15-9-5-6-12(17(15)23)10-19-20-16(22)11-21(27(2,24)25)14-8-4-3-7-13(14)18/h3-10,23H,11H2,1-2H3,(H,20,22). The molecule has 0 aliphatic rings. The summed E-state index contributed by atoms with van der Waals surface area (Å²) < 4.78 is 29.9. The molecule has 0 fully saturated rings. The number of amides is 1. The number of ether oxygens (including phenoxy) is 1. The molecule has 1 amide bonds. The number of rotatable bonds is 7. The Morgan fingerprint density at radius 2 is 2.00 bits per heavy atom. The first-order valence-electron chi connectivity index (χ1n) is 7.64. The number of methoxy groups -OCH3 is 1. The minimum atomic E-state index is -3.75. The fourth-order valence-electron chi connectivity index (χ4n) is 2.18. The lowest BCUT2D eigenvalue weighted by Gasteiger charge is -2.22. The topological polar surface area (TPSA) is 108 Å². The Labute approximate surface area is 162 Å². The molecule has 0 saturated carbocycles. The molecule has 0 atom stereocenters.